The quantitative estimate of drug-likeness (QED) is 0.198. The monoisotopic (exact) mass is 578 g/mol. The number of nitrogens with zero attached hydrogens (tertiary/aromatic N) is 8. The number of aromatic nitrogens is 8. The molecule has 0 amide bonds. The second-order valence-electron chi connectivity index (χ2n) is 7.22. The third-order valence-electron chi connectivity index (χ3n) is 4.94. The molecule has 0 atom stereocenters. The second kappa shape index (κ2) is 10.2. The van der Waals surface area contributed by atoms with Crippen molar-refractivity contribution in [3.05, 3.63) is 86.3 Å². The van der Waals surface area contributed by atoms with E-state index in [9.17, 15) is 5.11 Å². The minimum absolute atomic E-state index is 0.0355. The smallest absolute Gasteiger partial charge is 0.216 e. The summed E-state index contributed by atoms with van der Waals surface area (Å²) in [5.74, 6) is 0.979. The molecule has 14 heteroatoms. The molecule has 0 fully saturated rings. The lowest BCUT2D eigenvalue weighted by Gasteiger charge is -2.06. The fraction of sp³-hybridized carbons (Fsp3) is 0. The maximum Gasteiger partial charge on any atom is 0.216 e. The lowest BCUT2D eigenvalue weighted by molar-refractivity contribution is 0.473. The summed E-state index contributed by atoms with van der Waals surface area (Å²) in [5, 5.41) is 33.8. The van der Waals surface area contributed by atoms with E-state index >= 15 is 0 Å². The van der Waals surface area contributed by atoms with Gasteiger partial charge in [0.2, 0.25) is 9.54 Å². The van der Waals surface area contributed by atoms with Crippen LogP contribution in [0, 0.1) is 9.54 Å². The van der Waals surface area contributed by atoms with Gasteiger partial charge in [0.05, 0.1) is 12.4 Å². The van der Waals surface area contributed by atoms with E-state index in [4.69, 9.17) is 24.4 Å². The van der Waals surface area contributed by atoms with Crippen molar-refractivity contribution in [2.24, 2.45) is 10.2 Å². The lowest BCUT2D eigenvalue weighted by Crippen LogP contribution is -1.98. The van der Waals surface area contributed by atoms with Crippen molar-refractivity contribution in [1.82, 2.24) is 39.7 Å². The van der Waals surface area contributed by atoms with Crippen LogP contribution >= 0.6 is 40.4 Å². The van der Waals surface area contributed by atoms with Gasteiger partial charge in [-0.3, -0.25) is 9.97 Å². The van der Waals surface area contributed by atoms with Gasteiger partial charge in [-0.15, -0.1) is 0 Å². The number of pyridine rings is 2. The van der Waals surface area contributed by atoms with Gasteiger partial charge in [-0.2, -0.15) is 29.8 Å². The molecular formula is C22H15BrN10OS2. The summed E-state index contributed by atoms with van der Waals surface area (Å²) in [6.07, 6.45) is 9.58. The van der Waals surface area contributed by atoms with E-state index in [2.05, 4.69) is 56.5 Å². The summed E-state index contributed by atoms with van der Waals surface area (Å²) in [5.41, 5.74) is 2.42. The predicted octanol–water partition coefficient (Wildman–Crippen LogP) is 4.55. The Labute approximate surface area is 222 Å². The first kappa shape index (κ1) is 23.6. The average molecular weight is 579 g/mol. The normalized spacial score (nSPS) is 11.6. The summed E-state index contributed by atoms with van der Waals surface area (Å²) < 4.78 is 4.23. The van der Waals surface area contributed by atoms with Crippen LogP contribution in [0.5, 0.6) is 5.75 Å². The number of halogens is 1. The Hall–Kier alpha value is -4.14. The lowest BCUT2D eigenvalue weighted by atomic mass is 10.1. The molecule has 1 aromatic carbocycles. The molecule has 0 spiro atoms. The van der Waals surface area contributed by atoms with Gasteiger partial charge < -0.3 is 5.11 Å². The molecule has 0 radical (unpaired) electrons. The van der Waals surface area contributed by atoms with Crippen LogP contribution in [0.15, 0.2) is 75.9 Å². The maximum atomic E-state index is 10.9. The highest BCUT2D eigenvalue weighted by molar-refractivity contribution is 9.10. The van der Waals surface area contributed by atoms with Gasteiger partial charge in [0.15, 0.2) is 11.6 Å². The molecule has 5 rings (SSSR count). The Morgan fingerprint density at radius 1 is 0.778 bits per heavy atom. The van der Waals surface area contributed by atoms with Crippen LogP contribution in [0.4, 0.5) is 0 Å². The number of hydrogen-bond acceptors (Lipinski definition) is 9. The number of H-pyrrole nitrogens is 2. The molecule has 3 N–H and O–H groups in total. The van der Waals surface area contributed by atoms with E-state index in [1.165, 1.54) is 21.8 Å². The average Bonchev–Trinajstić information content (AvgIpc) is 3.46. The van der Waals surface area contributed by atoms with E-state index < -0.39 is 0 Å². The summed E-state index contributed by atoms with van der Waals surface area (Å²) in [6.45, 7) is 0. The van der Waals surface area contributed by atoms with Crippen LogP contribution in [-0.2, 0) is 0 Å². The van der Waals surface area contributed by atoms with Gasteiger partial charge in [0.25, 0.3) is 0 Å². The van der Waals surface area contributed by atoms with Gasteiger partial charge in [0, 0.05) is 51.5 Å². The van der Waals surface area contributed by atoms with Crippen molar-refractivity contribution >= 4 is 52.8 Å². The van der Waals surface area contributed by atoms with Gasteiger partial charge >= 0.3 is 0 Å². The molecule has 4 aromatic heterocycles. The molecule has 0 aliphatic heterocycles. The second-order valence-corrected chi connectivity index (χ2v) is 8.91. The minimum Gasteiger partial charge on any atom is -0.507 e. The standard InChI is InChI=1S/C22H15BrN10OS2/c23-17-9-15(11-26-32-19(28-30-21(32)35)13-1-5-24-6-2-13)18(34)16(10-17)12-27-33-20(29-31-22(33)36)14-3-7-25-8-4-14/h1-12,34H,(H,30,35)(H,31,36)/b26-11+,27-12+. The van der Waals surface area contributed by atoms with Crippen molar-refractivity contribution in [3.63, 3.8) is 0 Å². The number of rotatable bonds is 6. The highest BCUT2D eigenvalue weighted by atomic mass is 79.9. The zero-order valence-electron chi connectivity index (χ0n) is 18.1. The van der Waals surface area contributed by atoms with Crippen LogP contribution in [0.25, 0.3) is 22.8 Å². The first-order valence-electron chi connectivity index (χ1n) is 10.3. The number of aromatic hydroxyl groups is 1. The summed E-state index contributed by atoms with van der Waals surface area (Å²) in [4.78, 5) is 8.03. The molecule has 0 saturated carbocycles. The molecule has 0 aliphatic rings. The largest absolute Gasteiger partial charge is 0.507 e. The van der Waals surface area contributed by atoms with Gasteiger partial charge in [-0.25, -0.2) is 10.2 Å². The topological polar surface area (TPSA) is 138 Å². The van der Waals surface area contributed by atoms with Crippen LogP contribution in [-0.4, -0.2) is 57.3 Å². The fourth-order valence-corrected chi connectivity index (χ4v) is 4.10. The van der Waals surface area contributed by atoms with Crippen molar-refractivity contribution in [1.29, 1.82) is 0 Å². The summed E-state index contributed by atoms with van der Waals surface area (Å²) >= 11 is 14.1. The highest BCUT2D eigenvalue weighted by Gasteiger charge is 2.11. The minimum atomic E-state index is -0.0355. The molecule has 0 bridgehead atoms. The Morgan fingerprint density at radius 3 is 1.61 bits per heavy atom. The van der Waals surface area contributed by atoms with E-state index in [0.717, 1.165) is 11.1 Å². The number of phenolic OH excluding ortho intramolecular Hbond substituents is 1. The van der Waals surface area contributed by atoms with Crippen LogP contribution in [0.2, 0.25) is 0 Å². The third-order valence-corrected chi connectivity index (χ3v) is 5.92. The molecule has 11 nitrogen and oxygen atoms in total. The number of hydrogen-bond donors (Lipinski definition) is 3. The highest BCUT2D eigenvalue weighted by Crippen LogP contribution is 2.26. The Morgan fingerprint density at radius 2 is 1.19 bits per heavy atom. The molecule has 4 heterocycles. The Bertz CT molecular complexity index is 1580. The number of benzene rings is 1. The van der Waals surface area contributed by atoms with Crippen LogP contribution in [0.3, 0.4) is 0 Å². The molecule has 5 aromatic rings. The molecule has 0 unspecified atom stereocenters. The van der Waals surface area contributed by atoms with Crippen molar-refractivity contribution in [3.8, 4) is 28.5 Å². The first-order valence-corrected chi connectivity index (χ1v) is 11.9. The zero-order chi connectivity index (χ0) is 25.1. The van der Waals surface area contributed by atoms with Gasteiger partial charge in [0.1, 0.15) is 5.75 Å². The summed E-state index contributed by atoms with van der Waals surface area (Å²) in [6, 6.07) is 10.6. The first-order chi connectivity index (χ1) is 17.5. The third kappa shape index (κ3) is 4.82. The van der Waals surface area contributed by atoms with Gasteiger partial charge in [-0.1, -0.05) is 15.9 Å². The summed E-state index contributed by atoms with van der Waals surface area (Å²) in [7, 11) is 0. The number of phenols is 1. The van der Waals surface area contributed by atoms with Crippen molar-refractivity contribution in [2.45, 2.75) is 0 Å². The maximum absolute atomic E-state index is 10.9. The molecular weight excluding hydrogens is 564 g/mol. The number of aromatic amines is 2. The Balaban J connectivity index is 1.50. The fourth-order valence-electron chi connectivity index (χ4n) is 3.25. The van der Waals surface area contributed by atoms with E-state index in [1.54, 1.807) is 61.2 Å². The predicted molar refractivity (Wildman–Crippen MR) is 143 cm³/mol. The number of nitrogens with one attached hydrogen (secondary N) is 2. The molecule has 0 aliphatic carbocycles. The van der Waals surface area contributed by atoms with Crippen molar-refractivity contribution in [2.75, 3.05) is 0 Å². The zero-order valence-corrected chi connectivity index (χ0v) is 21.4. The molecule has 178 valence electrons. The van der Waals surface area contributed by atoms with E-state index in [1.807, 2.05) is 0 Å². The van der Waals surface area contributed by atoms with E-state index in [-0.39, 0.29) is 5.75 Å². The van der Waals surface area contributed by atoms with Gasteiger partial charge in [-0.05, 0) is 60.8 Å². The molecule has 0 saturated heterocycles. The Kier molecular flexibility index (Phi) is 6.71. The van der Waals surface area contributed by atoms with Crippen molar-refractivity contribution < 1.29 is 5.11 Å². The molecule has 36 heavy (non-hydrogen) atoms. The van der Waals surface area contributed by atoms with E-state index in [0.29, 0.717) is 36.8 Å². The van der Waals surface area contributed by atoms with Crippen LogP contribution in [0.1, 0.15) is 11.1 Å². The van der Waals surface area contributed by atoms with Crippen LogP contribution < -0.4 is 0 Å². The SMILES string of the molecule is Oc1c(/C=N/n2c(-c3ccncc3)n[nH]c2=S)cc(Br)cc1/C=N/n1c(-c2ccncc2)n[nH]c1=S.